The fraction of sp³-hybridized carbons (Fsp3) is 0. The van der Waals surface area contributed by atoms with Gasteiger partial charge >= 0.3 is 0 Å². The van der Waals surface area contributed by atoms with E-state index in [1.165, 1.54) is 0 Å². The fourth-order valence-electron chi connectivity index (χ4n) is 4.78. The molecule has 4 nitrogen and oxygen atoms in total. The average molecular weight is 465 g/mol. The van der Waals surface area contributed by atoms with Crippen molar-refractivity contribution in [2.45, 2.75) is 0 Å². The SMILES string of the molecule is c1ccc(Oc2nc3ccccc3c3c2ccc2c(Oc4ccccc4)nc4ccccc4c23)cc1. The first-order valence-electron chi connectivity index (χ1n) is 11.8. The Hall–Kier alpha value is -4.96. The molecule has 0 bridgehead atoms. The molecule has 0 atom stereocenters. The maximum atomic E-state index is 6.33. The first-order valence-corrected chi connectivity index (χ1v) is 11.8. The molecular formula is C32H20N2O2. The van der Waals surface area contributed by atoms with E-state index in [1.54, 1.807) is 0 Å². The summed E-state index contributed by atoms with van der Waals surface area (Å²) in [6.45, 7) is 0. The summed E-state index contributed by atoms with van der Waals surface area (Å²) in [6.07, 6.45) is 0. The third kappa shape index (κ3) is 3.39. The smallest absolute Gasteiger partial charge is 0.227 e. The van der Waals surface area contributed by atoms with E-state index in [4.69, 9.17) is 19.4 Å². The van der Waals surface area contributed by atoms with Crippen LogP contribution >= 0.6 is 0 Å². The van der Waals surface area contributed by atoms with Crippen molar-refractivity contribution in [1.29, 1.82) is 0 Å². The highest BCUT2D eigenvalue weighted by molar-refractivity contribution is 6.28. The van der Waals surface area contributed by atoms with Gasteiger partial charge in [-0.2, -0.15) is 0 Å². The summed E-state index contributed by atoms with van der Waals surface area (Å²) >= 11 is 0. The zero-order chi connectivity index (χ0) is 23.9. The molecule has 0 spiro atoms. The molecule has 0 saturated heterocycles. The topological polar surface area (TPSA) is 44.2 Å². The number of hydrogen-bond donors (Lipinski definition) is 0. The molecule has 2 heterocycles. The summed E-state index contributed by atoms with van der Waals surface area (Å²) in [5, 5.41) is 6.13. The molecule has 0 aliphatic heterocycles. The molecule has 2 aromatic heterocycles. The number of nitrogens with zero attached hydrogens (tertiary/aromatic N) is 2. The molecule has 36 heavy (non-hydrogen) atoms. The van der Waals surface area contributed by atoms with Crippen LogP contribution in [0, 0.1) is 0 Å². The van der Waals surface area contributed by atoms with Gasteiger partial charge in [0.15, 0.2) is 0 Å². The van der Waals surface area contributed by atoms with E-state index < -0.39 is 0 Å². The van der Waals surface area contributed by atoms with Gasteiger partial charge in [0.2, 0.25) is 11.8 Å². The zero-order valence-electron chi connectivity index (χ0n) is 19.3. The van der Waals surface area contributed by atoms with Crippen LogP contribution in [0.2, 0.25) is 0 Å². The summed E-state index contributed by atoms with van der Waals surface area (Å²) < 4.78 is 12.7. The van der Waals surface area contributed by atoms with Gasteiger partial charge < -0.3 is 9.47 Å². The number of ether oxygens (including phenoxy) is 2. The Bertz CT molecular complexity index is 1740. The Kier molecular flexibility index (Phi) is 4.74. The van der Waals surface area contributed by atoms with Crippen molar-refractivity contribution in [3.05, 3.63) is 121 Å². The maximum Gasteiger partial charge on any atom is 0.227 e. The van der Waals surface area contributed by atoms with E-state index in [0.717, 1.165) is 54.8 Å². The first kappa shape index (κ1) is 20.4. The van der Waals surface area contributed by atoms with Crippen molar-refractivity contribution in [2.75, 3.05) is 0 Å². The summed E-state index contributed by atoms with van der Waals surface area (Å²) in [5.74, 6) is 2.63. The van der Waals surface area contributed by atoms with Gasteiger partial charge in [-0.1, -0.05) is 72.8 Å². The third-order valence-electron chi connectivity index (χ3n) is 6.37. The van der Waals surface area contributed by atoms with Crippen LogP contribution < -0.4 is 9.47 Å². The molecule has 7 aromatic rings. The van der Waals surface area contributed by atoms with Crippen molar-refractivity contribution >= 4 is 43.4 Å². The molecular weight excluding hydrogens is 444 g/mol. The lowest BCUT2D eigenvalue weighted by Crippen LogP contribution is -1.95. The van der Waals surface area contributed by atoms with E-state index in [2.05, 4.69) is 24.3 Å². The number of benzene rings is 5. The molecule has 4 heteroatoms. The molecule has 0 unspecified atom stereocenters. The van der Waals surface area contributed by atoms with Gasteiger partial charge in [-0.25, -0.2) is 9.97 Å². The van der Waals surface area contributed by atoms with E-state index in [1.807, 2.05) is 97.1 Å². The standard InChI is InChI=1S/C32H20N2O2/c1-3-11-21(12-4-1)35-31-25-19-20-26-30(29(25)23-15-7-9-17-27(23)33-31)24-16-8-10-18-28(24)34-32(26)36-22-13-5-2-6-14-22/h1-20H. The lowest BCUT2D eigenvalue weighted by atomic mass is 9.96. The van der Waals surface area contributed by atoms with Crippen molar-refractivity contribution in [3.8, 4) is 23.3 Å². The highest BCUT2D eigenvalue weighted by Crippen LogP contribution is 2.43. The molecule has 170 valence electrons. The second kappa shape index (κ2) is 8.36. The Morgan fingerprint density at radius 2 is 0.750 bits per heavy atom. The van der Waals surface area contributed by atoms with Crippen LogP contribution in [0.5, 0.6) is 23.3 Å². The highest BCUT2D eigenvalue weighted by Gasteiger charge is 2.18. The molecule has 0 saturated carbocycles. The minimum absolute atomic E-state index is 0.572. The van der Waals surface area contributed by atoms with Crippen molar-refractivity contribution in [1.82, 2.24) is 9.97 Å². The quantitative estimate of drug-likeness (QED) is 0.244. The largest absolute Gasteiger partial charge is 0.438 e. The first-order chi connectivity index (χ1) is 17.8. The molecule has 0 aliphatic carbocycles. The number of para-hydroxylation sites is 4. The summed E-state index contributed by atoms with van der Waals surface area (Å²) in [5.41, 5.74) is 1.74. The molecule has 0 aliphatic rings. The maximum absolute atomic E-state index is 6.33. The molecule has 0 amide bonds. The predicted octanol–water partition coefficient (Wildman–Crippen LogP) is 8.67. The molecule has 0 fully saturated rings. The van der Waals surface area contributed by atoms with E-state index >= 15 is 0 Å². The van der Waals surface area contributed by atoms with Gasteiger partial charge in [-0.15, -0.1) is 0 Å². The fourth-order valence-corrected chi connectivity index (χ4v) is 4.78. The van der Waals surface area contributed by atoms with Crippen LogP contribution in [0.15, 0.2) is 121 Å². The van der Waals surface area contributed by atoms with Crippen LogP contribution in [-0.4, -0.2) is 9.97 Å². The van der Waals surface area contributed by atoms with Crippen LogP contribution in [0.25, 0.3) is 43.4 Å². The number of pyridine rings is 2. The van der Waals surface area contributed by atoms with Crippen molar-refractivity contribution in [2.24, 2.45) is 0 Å². The Morgan fingerprint density at radius 1 is 0.361 bits per heavy atom. The molecule has 0 radical (unpaired) electrons. The summed E-state index contributed by atoms with van der Waals surface area (Å²) in [7, 11) is 0. The minimum Gasteiger partial charge on any atom is -0.438 e. The van der Waals surface area contributed by atoms with Crippen molar-refractivity contribution in [3.63, 3.8) is 0 Å². The van der Waals surface area contributed by atoms with Crippen LogP contribution in [0.4, 0.5) is 0 Å². The number of rotatable bonds is 4. The van der Waals surface area contributed by atoms with Gasteiger partial charge in [0.05, 0.1) is 11.0 Å². The summed E-state index contributed by atoms with van der Waals surface area (Å²) in [4.78, 5) is 9.81. The van der Waals surface area contributed by atoms with Gasteiger partial charge in [-0.05, 0) is 48.5 Å². The van der Waals surface area contributed by atoms with Crippen LogP contribution in [-0.2, 0) is 0 Å². The zero-order valence-corrected chi connectivity index (χ0v) is 19.3. The van der Waals surface area contributed by atoms with Crippen LogP contribution in [0.1, 0.15) is 0 Å². The third-order valence-corrected chi connectivity index (χ3v) is 6.37. The van der Waals surface area contributed by atoms with Gasteiger partial charge in [-0.3, -0.25) is 0 Å². The Labute approximate surface area is 207 Å². The van der Waals surface area contributed by atoms with Gasteiger partial charge in [0.1, 0.15) is 11.5 Å². The lowest BCUT2D eigenvalue weighted by molar-refractivity contribution is 0.470. The minimum atomic E-state index is 0.572. The Morgan fingerprint density at radius 3 is 1.19 bits per heavy atom. The normalized spacial score (nSPS) is 11.3. The number of aromatic nitrogens is 2. The Balaban J connectivity index is 1.61. The second-order valence-electron chi connectivity index (χ2n) is 8.61. The van der Waals surface area contributed by atoms with E-state index in [-0.39, 0.29) is 0 Å². The van der Waals surface area contributed by atoms with Crippen LogP contribution in [0.3, 0.4) is 0 Å². The summed E-state index contributed by atoms with van der Waals surface area (Å²) in [6, 6.07) is 40.0. The van der Waals surface area contributed by atoms with Gasteiger partial charge in [0, 0.05) is 32.3 Å². The number of fused-ring (bicyclic) bond motifs is 7. The lowest BCUT2D eigenvalue weighted by Gasteiger charge is -2.16. The van der Waals surface area contributed by atoms with E-state index in [0.29, 0.717) is 11.8 Å². The predicted molar refractivity (Wildman–Crippen MR) is 145 cm³/mol. The molecule has 0 N–H and O–H groups in total. The monoisotopic (exact) mass is 464 g/mol. The van der Waals surface area contributed by atoms with Gasteiger partial charge in [0.25, 0.3) is 0 Å². The van der Waals surface area contributed by atoms with Crippen molar-refractivity contribution < 1.29 is 9.47 Å². The molecule has 5 aromatic carbocycles. The second-order valence-corrected chi connectivity index (χ2v) is 8.61. The average Bonchev–Trinajstić information content (AvgIpc) is 2.94. The number of hydrogen-bond acceptors (Lipinski definition) is 4. The van der Waals surface area contributed by atoms with E-state index in [9.17, 15) is 0 Å². The molecule has 7 rings (SSSR count). The highest BCUT2D eigenvalue weighted by atomic mass is 16.5.